The molecule has 1 fully saturated rings. The fraction of sp³-hybridized carbons (Fsp3) is 0.333. The van der Waals surface area contributed by atoms with E-state index in [2.05, 4.69) is 66.8 Å². The first-order valence-electron chi connectivity index (χ1n) is 7.10. The van der Waals surface area contributed by atoms with Crippen molar-refractivity contribution >= 4 is 0 Å². The first kappa shape index (κ1) is 12.4. The maximum atomic E-state index is 3.56. The van der Waals surface area contributed by atoms with Crippen LogP contribution in [0.25, 0.3) is 11.1 Å². The van der Waals surface area contributed by atoms with Crippen LogP contribution in [0.1, 0.15) is 25.3 Å². The molecule has 0 radical (unpaired) electrons. The molecule has 1 aliphatic carbocycles. The molecule has 0 unspecified atom stereocenters. The zero-order valence-electron chi connectivity index (χ0n) is 11.5. The zero-order valence-corrected chi connectivity index (χ0v) is 11.5. The summed E-state index contributed by atoms with van der Waals surface area (Å²) in [4.78, 5) is 0. The van der Waals surface area contributed by atoms with Crippen LogP contribution in [-0.4, -0.2) is 6.54 Å². The molecular weight excluding hydrogens is 230 g/mol. The van der Waals surface area contributed by atoms with E-state index in [1.807, 2.05) is 0 Å². The highest BCUT2D eigenvalue weighted by atomic mass is 14.9. The molecule has 98 valence electrons. The summed E-state index contributed by atoms with van der Waals surface area (Å²) in [6.45, 7) is 4.48. The monoisotopic (exact) mass is 251 g/mol. The van der Waals surface area contributed by atoms with E-state index in [9.17, 15) is 0 Å². The van der Waals surface area contributed by atoms with E-state index in [1.165, 1.54) is 29.5 Å². The third-order valence-corrected chi connectivity index (χ3v) is 4.05. The molecule has 2 aromatic carbocycles. The predicted octanol–water partition coefficient (Wildman–Crippen LogP) is 4.24. The smallest absolute Gasteiger partial charge is 0.0205 e. The Balaban J connectivity index is 1.59. The highest BCUT2D eigenvalue weighted by molar-refractivity contribution is 5.63. The average Bonchev–Trinajstić information content (AvgIpc) is 3.19. The molecule has 3 rings (SSSR count). The molecule has 1 nitrogen and oxygen atoms in total. The quantitative estimate of drug-likeness (QED) is 0.838. The average molecular weight is 251 g/mol. The van der Waals surface area contributed by atoms with Crippen LogP contribution in [0.3, 0.4) is 0 Å². The van der Waals surface area contributed by atoms with E-state index >= 15 is 0 Å². The Bertz CT molecular complexity index is 523. The number of hydrogen-bond donors (Lipinski definition) is 1. The molecule has 0 saturated heterocycles. The van der Waals surface area contributed by atoms with Gasteiger partial charge in [-0.2, -0.15) is 0 Å². The summed E-state index contributed by atoms with van der Waals surface area (Å²) in [5.74, 6) is 0. The maximum Gasteiger partial charge on any atom is 0.0205 e. The van der Waals surface area contributed by atoms with Crippen LogP contribution in [0, 0.1) is 5.41 Å². The van der Waals surface area contributed by atoms with Gasteiger partial charge < -0.3 is 5.32 Å². The van der Waals surface area contributed by atoms with Crippen LogP contribution in [0.15, 0.2) is 54.6 Å². The highest BCUT2D eigenvalue weighted by Crippen LogP contribution is 2.44. The van der Waals surface area contributed by atoms with Crippen molar-refractivity contribution in [3.05, 3.63) is 60.2 Å². The molecule has 0 atom stereocenters. The molecule has 0 aromatic heterocycles. The number of nitrogens with one attached hydrogen (secondary N) is 1. The molecule has 1 aliphatic rings. The van der Waals surface area contributed by atoms with Gasteiger partial charge in [0, 0.05) is 13.1 Å². The van der Waals surface area contributed by atoms with Gasteiger partial charge in [-0.15, -0.1) is 0 Å². The van der Waals surface area contributed by atoms with Gasteiger partial charge >= 0.3 is 0 Å². The van der Waals surface area contributed by atoms with Gasteiger partial charge in [-0.25, -0.2) is 0 Å². The third kappa shape index (κ3) is 3.24. The van der Waals surface area contributed by atoms with Crippen LogP contribution < -0.4 is 5.32 Å². The van der Waals surface area contributed by atoms with Crippen LogP contribution in [0.5, 0.6) is 0 Å². The lowest BCUT2D eigenvalue weighted by Gasteiger charge is -2.10. The minimum absolute atomic E-state index is 0.587. The highest BCUT2D eigenvalue weighted by Gasteiger charge is 2.36. The molecule has 0 bridgehead atoms. The Morgan fingerprint density at radius 1 is 0.895 bits per heavy atom. The van der Waals surface area contributed by atoms with Gasteiger partial charge in [-0.3, -0.25) is 0 Å². The summed E-state index contributed by atoms with van der Waals surface area (Å²) in [6.07, 6.45) is 2.76. The van der Waals surface area contributed by atoms with Gasteiger partial charge in [0.2, 0.25) is 0 Å². The molecule has 2 aromatic rings. The molecule has 0 aliphatic heterocycles. The molecule has 0 spiro atoms. The molecule has 1 heteroatoms. The summed E-state index contributed by atoms with van der Waals surface area (Å²) in [7, 11) is 0. The fourth-order valence-electron chi connectivity index (χ4n) is 2.34. The van der Waals surface area contributed by atoms with Gasteiger partial charge in [0.25, 0.3) is 0 Å². The Morgan fingerprint density at radius 2 is 1.53 bits per heavy atom. The largest absolute Gasteiger partial charge is 0.312 e. The zero-order chi connectivity index (χ0) is 13.1. The van der Waals surface area contributed by atoms with Gasteiger partial charge in [-0.1, -0.05) is 61.5 Å². The molecule has 0 heterocycles. The Hall–Kier alpha value is -1.60. The number of rotatable bonds is 5. The van der Waals surface area contributed by atoms with E-state index in [0.29, 0.717) is 5.41 Å². The van der Waals surface area contributed by atoms with Gasteiger partial charge in [0.15, 0.2) is 0 Å². The lowest BCUT2D eigenvalue weighted by Crippen LogP contribution is -2.21. The Labute approximate surface area is 115 Å². The van der Waals surface area contributed by atoms with Crippen molar-refractivity contribution in [1.29, 1.82) is 0 Å². The van der Waals surface area contributed by atoms with Crippen molar-refractivity contribution in [2.45, 2.75) is 26.3 Å². The van der Waals surface area contributed by atoms with Crippen LogP contribution >= 0.6 is 0 Å². The Kier molecular flexibility index (Phi) is 3.39. The lowest BCUT2D eigenvalue weighted by atomic mass is 10.0. The molecule has 1 N–H and O–H groups in total. The Morgan fingerprint density at radius 3 is 2.16 bits per heavy atom. The van der Waals surface area contributed by atoms with E-state index < -0.39 is 0 Å². The van der Waals surface area contributed by atoms with Crippen molar-refractivity contribution in [2.75, 3.05) is 6.54 Å². The lowest BCUT2D eigenvalue weighted by molar-refractivity contribution is 0.499. The van der Waals surface area contributed by atoms with Crippen molar-refractivity contribution in [3.8, 4) is 11.1 Å². The normalized spacial score (nSPS) is 16.3. The summed E-state index contributed by atoms with van der Waals surface area (Å²) in [6, 6.07) is 19.4. The van der Waals surface area contributed by atoms with Gasteiger partial charge in [-0.05, 0) is 34.9 Å². The SMILES string of the molecule is CC1(CNCc2ccc(-c3ccccc3)cc2)CC1. The molecule has 0 amide bonds. The van der Waals surface area contributed by atoms with Gasteiger partial charge in [0.1, 0.15) is 0 Å². The second-order valence-electron chi connectivity index (χ2n) is 5.98. The van der Waals surface area contributed by atoms with Gasteiger partial charge in [0.05, 0.1) is 0 Å². The molecule has 1 saturated carbocycles. The first-order chi connectivity index (χ1) is 9.25. The van der Waals surface area contributed by atoms with E-state index in [-0.39, 0.29) is 0 Å². The van der Waals surface area contributed by atoms with Crippen molar-refractivity contribution < 1.29 is 0 Å². The summed E-state index contributed by atoms with van der Waals surface area (Å²) in [5, 5.41) is 3.56. The maximum absolute atomic E-state index is 3.56. The third-order valence-electron chi connectivity index (χ3n) is 4.05. The van der Waals surface area contributed by atoms with E-state index in [4.69, 9.17) is 0 Å². The molecular formula is C18H21N. The second-order valence-corrected chi connectivity index (χ2v) is 5.98. The standard InChI is InChI=1S/C18H21N/c1-18(11-12-18)14-19-13-15-7-9-17(10-8-15)16-5-3-2-4-6-16/h2-10,19H,11-14H2,1H3. The van der Waals surface area contributed by atoms with Crippen molar-refractivity contribution in [1.82, 2.24) is 5.32 Å². The van der Waals surface area contributed by atoms with Crippen molar-refractivity contribution in [2.24, 2.45) is 5.41 Å². The summed E-state index contributed by atoms with van der Waals surface area (Å²) < 4.78 is 0. The second kappa shape index (κ2) is 5.18. The first-order valence-corrected chi connectivity index (χ1v) is 7.10. The van der Waals surface area contributed by atoms with E-state index in [1.54, 1.807) is 0 Å². The topological polar surface area (TPSA) is 12.0 Å². The van der Waals surface area contributed by atoms with Crippen LogP contribution in [0.2, 0.25) is 0 Å². The molecule has 19 heavy (non-hydrogen) atoms. The van der Waals surface area contributed by atoms with E-state index in [0.717, 1.165) is 13.1 Å². The van der Waals surface area contributed by atoms with Crippen LogP contribution in [-0.2, 0) is 6.54 Å². The summed E-state index contributed by atoms with van der Waals surface area (Å²) >= 11 is 0. The predicted molar refractivity (Wildman–Crippen MR) is 80.9 cm³/mol. The van der Waals surface area contributed by atoms with Crippen LogP contribution in [0.4, 0.5) is 0 Å². The number of benzene rings is 2. The summed E-state index contributed by atoms with van der Waals surface area (Å²) in [5.41, 5.74) is 4.53. The van der Waals surface area contributed by atoms with Crippen molar-refractivity contribution in [3.63, 3.8) is 0 Å². The minimum atomic E-state index is 0.587. The minimum Gasteiger partial charge on any atom is -0.312 e. The number of hydrogen-bond acceptors (Lipinski definition) is 1. The fourth-order valence-corrected chi connectivity index (χ4v) is 2.34.